The smallest absolute Gasteiger partial charge is 0.260 e. The number of nitrogens with zero attached hydrogens (tertiary/aromatic N) is 3. The van der Waals surface area contributed by atoms with E-state index in [4.69, 9.17) is 4.74 Å². The number of rotatable bonds is 3. The number of ether oxygens (including phenoxy) is 1. The van der Waals surface area contributed by atoms with E-state index in [0.29, 0.717) is 13.2 Å². The van der Waals surface area contributed by atoms with Gasteiger partial charge >= 0.3 is 0 Å². The molecule has 0 radical (unpaired) electrons. The largest absolute Gasteiger partial charge is 0.379 e. The fraction of sp³-hybridized carbons (Fsp3) is 0.667. The lowest BCUT2D eigenvalue weighted by atomic mass is 10.5. The normalized spacial score (nSPS) is 18.6. The van der Waals surface area contributed by atoms with Crippen LogP contribution in [0.3, 0.4) is 0 Å². The van der Waals surface area contributed by atoms with Gasteiger partial charge in [0.1, 0.15) is 0 Å². The Morgan fingerprint density at radius 2 is 1.79 bits per heavy atom. The molecule has 0 spiro atoms. The number of morpholine rings is 1. The van der Waals surface area contributed by atoms with Gasteiger partial charge in [-0.15, -0.1) is 0 Å². The van der Waals surface area contributed by atoms with Crippen LogP contribution in [0.1, 0.15) is 0 Å². The summed E-state index contributed by atoms with van der Waals surface area (Å²) in [7, 11) is -5.93. The topological polar surface area (TPSA) is 98.6 Å². The van der Waals surface area contributed by atoms with Crippen molar-refractivity contribution in [1.29, 1.82) is 0 Å². The minimum Gasteiger partial charge on any atom is -0.379 e. The van der Waals surface area contributed by atoms with Crippen molar-refractivity contribution in [3.63, 3.8) is 0 Å². The highest BCUT2D eigenvalue weighted by Gasteiger charge is 2.31. The molecule has 108 valence electrons. The van der Waals surface area contributed by atoms with Gasteiger partial charge in [0, 0.05) is 26.4 Å². The van der Waals surface area contributed by atoms with E-state index in [1.54, 1.807) is 0 Å². The third-order valence-electron chi connectivity index (χ3n) is 2.81. The molecule has 1 saturated heterocycles. The number of sulfonamides is 1. The first kappa shape index (κ1) is 14.4. The van der Waals surface area contributed by atoms with Crippen LogP contribution < -0.4 is 0 Å². The summed E-state index contributed by atoms with van der Waals surface area (Å²) in [5.74, 6) is 0. The average Bonchev–Trinajstić information content (AvgIpc) is 2.72. The molecule has 1 aliphatic heterocycles. The first-order valence-corrected chi connectivity index (χ1v) is 8.87. The van der Waals surface area contributed by atoms with Gasteiger partial charge in [0.25, 0.3) is 10.0 Å². The number of hydrogen-bond donors (Lipinski definition) is 0. The lowest BCUT2D eigenvalue weighted by Crippen LogP contribution is -2.41. The monoisotopic (exact) mass is 309 g/mol. The van der Waals surface area contributed by atoms with Crippen molar-refractivity contribution in [2.45, 2.75) is 10.2 Å². The second-order valence-electron chi connectivity index (χ2n) is 4.23. The summed E-state index contributed by atoms with van der Waals surface area (Å²) in [6.45, 7) is 1.16. The van der Waals surface area contributed by atoms with E-state index in [1.807, 2.05) is 0 Å². The van der Waals surface area contributed by atoms with Gasteiger partial charge in [0.15, 0.2) is 5.03 Å². The predicted molar refractivity (Wildman–Crippen MR) is 65.9 cm³/mol. The van der Waals surface area contributed by atoms with Crippen LogP contribution in [0.2, 0.25) is 0 Å². The van der Waals surface area contributed by atoms with Gasteiger partial charge in [-0.1, -0.05) is 0 Å². The van der Waals surface area contributed by atoms with Crippen molar-refractivity contribution in [3.05, 3.63) is 6.20 Å². The molecule has 19 heavy (non-hydrogen) atoms. The van der Waals surface area contributed by atoms with Crippen molar-refractivity contribution < 1.29 is 21.6 Å². The molecule has 8 nitrogen and oxygen atoms in total. The Morgan fingerprint density at radius 3 is 2.26 bits per heavy atom. The minimum atomic E-state index is -3.74. The van der Waals surface area contributed by atoms with Crippen molar-refractivity contribution in [2.24, 2.45) is 7.05 Å². The predicted octanol–water partition coefficient (Wildman–Crippen LogP) is -1.16. The molecule has 2 heterocycles. The van der Waals surface area contributed by atoms with E-state index in [2.05, 4.69) is 4.98 Å². The summed E-state index contributed by atoms with van der Waals surface area (Å²) in [6.07, 6.45) is 2.06. The van der Waals surface area contributed by atoms with Crippen LogP contribution in [-0.2, 0) is 31.6 Å². The van der Waals surface area contributed by atoms with Crippen molar-refractivity contribution in [3.8, 4) is 0 Å². The van der Waals surface area contributed by atoms with Gasteiger partial charge in [-0.3, -0.25) is 0 Å². The van der Waals surface area contributed by atoms with Gasteiger partial charge in [-0.25, -0.2) is 21.8 Å². The summed E-state index contributed by atoms with van der Waals surface area (Å²) in [5.41, 5.74) is 0. The Morgan fingerprint density at radius 1 is 1.21 bits per heavy atom. The molecule has 1 aromatic heterocycles. The van der Waals surface area contributed by atoms with E-state index < -0.39 is 19.9 Å². The van der Waals surface area contributed by atoms with Gasteiger partial charge in [-0.2, -0.15) is 4.31 Å². The molecule has 0 N–H and O–H groups in total. The third kappa shape index (κ3) is 2.66. The highest BCUT2D eigenvalue weighted by Crippen LogP contribution is 2.19. The van der Waals surface area contributed by atoms with Gasteiger partial charge < -0.3 is 9.30 Å². The molecule has 0 amide bonds. The van der Waals surface area contributed by atoms with Crippen LogP contribution in [0.4, 0.5) is 0 Å². The zero-order valence-corrected chi connectivity index (χ0v) is 12.2. The van der Waals surface area contributed by atoms with Gasteiger partial charge in [0.2, 0.25) is 15.0 Å². The molecule has 1 aliphatic rings. The van der Waals surface area contributed by atoms with Crippen LogP contribution in [0.25, 0.3) is 0 Å². The van der Waals surface area contributed by atoms with Crippen molar-refractivity contribution >= 4 is 19.9 Å². The Kier molecular flexibility index (Phi) is 3.69. The Bertz CT molecular complexity index is 671. The highest BCUT2D eigenvalue weighted by atomic mass is 32.2. The van der Waals surface area contributed by atoms with Gasteiger partial charge in [0.05, 0.1) is 19.4 Å². The lowest BCUT2D eigenvalue weighted by Gasteiger charge is -2.25. The summed E-state index contributed by atoms with van der Waals surface area (Å²) in [6, 6.07) is 0. The molecular formula is C9H15N3O5S2. The fourth-order valence-corrected chi connectivity index (χ4v) is 4.29. The molecular weight excluding hydrogens is 294 g/mol. The van der Waals surface area contributed by atoms with Crippen LogP contribution >= 0.6 is 0 Å². The van der Waals surface area contributed by atoms with E-state index in [0.717, 1.165) is 17.0 Å². The zero-order valence-electron chi connectivity index (χ0n) is 10.6. The molecule has 1 fully saturated rings. The standard InChI is InChI=1S/C9H15N3O5S2/c1-11-8(7-10-9(11)18(2,13)14)19(15,16)12-3-5-17-6-4-12/h7H,3-6H2,1-2H3. The minimum absolute atomic E-state index is 0.130. The van der Waals surface area contributed by atoms with Crippen LogP contribution in [0, 0.1) is 0 Å². The maximum Gasteiger partial charge on any atom is 0.260 e. The van der Waals surface area contributed by atoms with Gasteiger partial charge in [-0.05, 0) is 0 Å². The molecule has 2 rings (SSSR count). The molecule has 0 unspecified atom stereocenters. The average molecular weight is 309 g/mol. The molecule has 0 aromatic carbocycles. The summed E-state index contributed by atoms with van der Waals surface area (Å²) < 4.78 is 55.1. The number of aromatic nitrogens is 2. The molecule has 0 atom stereocenters. The van der Waals surface area contributed by atoms with Crippen LogP contribution in [0.15, 0.2) is 16.4 Å². The number of imidazole rings is 1. The quantitative estimate of drug-likeness (QED) is 0.699. The summed E-state index contributed by atoms with van der Waals surface area (Å²) in [4.78, 5) is 3.69. The highest BCUT2D eigenvalue weighted by molar-refractivity contribution is 7.90. The number of hydrogen-bond acceptors (Lipinski definition) is 6. The number of sulfone groups is 1. The summed E-state index contributed by atoms with van der Waals surface area (Å²) in [5, 5.41) is -0.394. The molecule has 10 heteroatoms. The maximum absolute atomic E-state index is 12.4. The third-order valence-corrected chi connectivity index (χ3v) is 5.80. The molecule has 0 saturated carbocycles. The Hall–Kier alpha value is -0.970. The Labute approximate surface area is 112 Å². The van der Waals surface area contributed by atoms with E-state index in [9.17, 15) is 16.8 Å². The fourth-order valence-electron chi connectivity index (χ4n) is 1.88. The lowest BCUT2D eigenvalue weighted by molar-refractivity contribution is 0.0728. The zero-order chi connectivity index (χ0) is 14.3. The summed E-state index contributed by atoms with van der Waals surface area (Å²) >= 11 is 0. The molecule has 1 aromatic rings. The first-order valence-electron chi connectivity index (χ1n) is 5.54. The molecule has 0 aliphatic carbocycles. The maximum atomic E-state index is 12.4. The molecule has 0 bridgehead atoms. The van der Waals surface area contributed by atoms with Crippen LogP contribution in [-0.4, -0.2) is 63.3 Å². The van der Waals surface area contributed by atoms with Crippen molar-refractivity contribution in [1.82, 2.24) is 13.9 Å². The second-order valence-corrected chi connectivity index (χ2v) is 8.02. The SMILES string of the molecule is Cn1c(S(=O)(=O)N2CCOCC2)cnc1S(C)(=O)=O. The van der Waals surface area contributed by atoms with E-state index >= 15 is 0 Å². The Balaban J connectivity index is 2.44. The first-order chi connectivity index (χ1) is 8.74. The van der Waals surface area contributed by atoms with Crippen LogP contribution in [0.5, 0.6) is 0 Å². The van der Waals surface area contributed by atoms with E-state index in [-0.39, 0.29) is 23.3 Å². The second kappa shape index (κ2) is 4.85. The van der Waals surface area contributed by atoms with E-state index in [1.165, 1.54) is 11.4 Å². The van der Waals surface area contributed by atoms with Crippen molar-refractivity contribution in [2.75, 3.05) is 32.6 Å².